The summed E-state index contributed by atoms with van der Waals surface area (Å²) in [6, 6.07) is 7.19. The molecule has 0 bridgehead atoms. The van der Waals surface area contributed by atoms with Gasteiger partial charge in [0, 0.05) is 19.6 Å². The number of furan rings is 1. The molecule has 0 aliphatic carbocycles. The fourth-order valence-electron chi connectivity index (χ4n) is 3.27. The van der Waals surface area contributed by atoms with Crippen LogP contribution in [0.1, 0.15) is 28.1 Å². The van der Waals surface area contributed by atoms with Crippen LogP contribution in [-0.2, 0) is 6.54 Å². The summed E-state index contributed by atoms with van der Waals surface area (Å²) < 4.78 is 10.2. The minimum absolute atomic E-state index is 0.0789. The third-order valence-electron chi connectivity index (χ3n) is 4.67. The smallest absolute Gasteiger partial charge is 0.254 e. The Hall–Kier alpha value is -2.47. The zero-order chi connectivity index (χ0) is 17.8. The van der Waals surface area contributed by atoms with E-state index in [1.807, 2.05) is 6.07 Å². The van der Waals surface area contributed by atoms with E-state index in [2.05, 4.69) is 10.2 Å². The zero-order valence-electron chi connectivity index (χ0n) is 14.6. The highest BCUT2D eigenvalue weighted by Gasteiger charge is 2.23. The van der Waals surface area contributed by atoms with Gasteiger partial charge in [-0.1, -0.05) is 6.07 Å². The van der Waals surface area contributed by atoms with E-state index in [1.54, 1.807) is 32.2 Å². The van der Waals surface area contributed by atoms with Gasteiger partial charge >= 0.3 is 0 Å². The predicted molar refractivity (Wildman–Crippen MR) is 93.8 cm³/mol. The average molecular weight is 344 g/mol. The summed E-state index contributed by atoms with van der Waals surface area (Å²) in [5, 5.41) is 12.9. The maximum atomic E-state index is 12.1. The second kappa shape index (κ2) is 7.61. The van der Waals surface area contributed by atoms with E-state index < -0.39 is 0 Å². The Morgan fingerprint density at radius 1 is 1.44 bits per heavy atom. The van der Waals surface area contributed by atoms with E-state index >= 15 is 0 Å². The van der Waals surface area contributed by atoms with Gasteiger partial charge in [-0.2, -0.15) is 0 Å². The van der Waals surface area contributed by atoms with Crippen LogP contribution in [0.2, 0.25) is 0 Å². The largest absolute Gasteiger partial charge is 0.504 e. The van der Waals surface area contributed by atoms with Gasteiger partial charge in [0.25, 0.3) is 5.91 Å². The van der Waals surface area contributed by atoms with Crippen molar-refractivity contribution in [2.24, 2.45) is 5.92 Å². The Balaban J connectivity index is 1.48. The molecular weight excluding hydrogens is 320 g/mol. The van der Waals surface area contributed by atoms with E-state index in [9.17, 15) is 9.90 Å². The third-order valence-corrected chi connectivity index (χ3v) is 4.67. The van der Waals surface area contributed by atoms with Crippen molar-refractivity contribution in [2.75, 3.05) is 26.7 Å². The topological polar surface area (TPSA) is 74.9 Å². The molecule has 0 spiro atoms. The van der Waals surface area contributed by atoms with E-state index in [1.165, 1.54) is 6.26 Å². The van der Waals surface area contributed by atoms with Crippen molar-refractivity contribution in [3.8, 4) is 11.5 Å². The van der Waals surface area contributed by atoms with Gasteiger partial charge in [0.15, 0.2) is 11.5 Å². The van der Waals surface area contributed by atoms with Crippen LogP contribution in [0.15, 0.2) is 34.9 Å². The number of likely N-dealkylation sites (tertiary alicyclic amines) is 1. The number of ether oxygens (including phenoxy) is 1. The van der Waals surface area contributed by atoms with Crippen molar-refractivity contribution in [1.29, 1.82) is 0 Å². The van der Waals surface area contributed by atoms with Crippen molar-refractivity contribution < 1.29 is 19.1 Å². The Morgan fingerprint density at radius 3 is 2.96 bits per heavy atom. The molecule has 1 aromatic carbocycles. The van der Waals surface area contributed by atoms with Crippen LogP contribution in [-0.4, -0.2) is 42.7 Å². The summed E-state index contributed by atoms with van der Waals surface area (Å²) in [4.78, 5) is 14.5. The number of amides is 1. The molecule has 134 valence electrons. The highest BCUT2D eigenvalue weighted by atomic mass is 16.5. The van der Waals surface area contributed by atoms with E-state index in [-0.39, 0.29) is 11.7 Å². The van der Waals surface area contributed by atoms with Gasteiger partial charge in [0.2, 0.25) is 0 Å². The summed E-state index contributed by atoms with van der Waals surface area (Å²) in [7, 11) is 1.54. The molecule has 0 radical (unpaired) electrons. The fourth-order valence-corrected chi connectivity index (χ4v) is 3.27. The van der Waals surface area contributed by atoms with E-state index in [0.717, 1.165) is 31.6 Å². The molecule has 1 aromatic heterocycles. The van der Waals surface area contributed by atoms with Gasteiger partial charge in [-0.25, -0.2) is 0 Å². The Bertz CT molecular complexity index is 741. The molecule has 6 nitrogen and oxygen atoms in total. The van der Waals surface area contributed by atoms with Crippen LogP contribution in [0.25, 0.3) is 0 Å². The lowest BCUT2D eigenvalue weighted by molar-refractivity contribution is 0.0945. The number of phenols is 1. The molecule has 3 rings (SSSR count). The molecule has 0 saturated carbocycles. The van der Waals surface area contributed by atoms with Crippen molar-refractivity contribution in [3.05, 3.63) is 47.4 Å². The number of benzene rings is 1. The van der Waals surface area contributed by atoms with Crippen molar-refractivity contribution in [1.82, 2.24) is 10.2 Å². The molecule has 2 aromatic rings. The molecule has 1 saturated heterocycles. The minimum atomic E-state index is -0.0789. The van der Waals surface area contributed by atoms with Crippen molar-refractivity contribution >= 4 is 5.91 Å². The first-order valence-electron chi connectivity index (χ1n) is 8.47. The first kappa shape index (κ1) is 17.4. The number of aromatic hydroxyl groups is 1. The average Bonchev–Trinajstić information content (AvgIpc) is 3.22. The van der Waals surface area contributed by atoms with E-state index in [4.69, 9.17) is 9.15 Å². The summed E-state index contributed by atoms with van der Waals surface area (Å²) >= 11 is 0. The quantitative estimate of drug-likeness (QED) is 0.842. The van der Waals surface area contributed by atoms with Crippen molar-refractivity contribution in [3.63, 3.8) is 0 Å². The lowest BCUT2D eigenvalue weighted by atomic mass is 10.1. The number of carbonyl (C=O) groups is 1. The van der Waals surface area contributed by atoms with Gasteiger partial charge in [0.05, 0.1) is 18.9 Å². The molecule has 1 aliphatic rings. The van der Waals surface area contributed by atoms with Gasteiger partial charge in [-0.05, 0) is 49.6 Å². The number of hydrogen-bond acceptors (Lipinski definition) is 5. The SMILES string of the molecule is COc1ccc(CN2CC[C@H](CNC(=O)c3ccoc3C)C2)cc1O. The molecule has 1 aliphatic heterocycles. The lowest BCUT2D eigenvalue weighted by Crippen LogP contribution is -2.31. The van der Waals surface area contributed by atoms with Gasteiger partial charge in [0.1, 0.15) is 5.76 Å². The lowest BCUT2D eigenvalue weighted by Gasteiger charge is -2.17. The molecule has 1 fully saturated rings. The Kier molecular flexibility index (Phi) is 5.28. The highest BCUT2D eigenvalue weighted by Crippen LogP contribution is 2.27. The summed E-state index contributed by atoms with van der Waals surface area (Å²) in [6.07, 6.45) is 2.58. The molecule has 2 N–H and O–H groups in total. The number of rotatable bonds is 6. The summed E-state index contributed by atoms with van der Waals surface area (Å²) in [6.45, 7) is 5.14. The highest BCUT2D eigenvalue weighted by molar-refractivity contribution is 5.95. The van der Waals surface area contributed by atoms with Crippen LogP contribution in [0.5, 0.6) is 11.5 Å². The number of nitrogens with zero attached hydrogens (tertiary/aromatic N) is 1. The first-order chi connectivity index (χ1) is 12.1. The monoisotopic (exact) mass is 344 g/mol. The molecule has 1 atom stereocenters. The second-order valence-corrected chi connectivity index (χ2v) is 6.50. The number of nitrogens with one attached hydrogen (secondary N) is 1. The summed E-state index contributed by atoms with van der Waals surface area (Å²) in [5.74, 6) is 1.65. The number of methoxy groups -OCH3 is 1. The Labute approximate surface area is 147 Å². The fraction of sp³-hybridized carbons (Fsp3) is 0.421. The summed E-state index contributed by atoms with van der Waals surface area (Å²) in [5.41, 5.74) is 1.65. The van der Waals surface area contributed by atoms with Gasteiger partial charge in [-0.3, -0.25) is 9.69 Å². The number of aryl methyl sites for hydroxylation is 1. The molecule has 1 amide bonds. The number of phenolic OH excluding ortho intramolecular Hbond substituents is 1. The molecule has 0 unspecified atom stereocenters. The third kappa shape index (κ3) is 4.14. The van der Waals surface area contributed by atoms with Crippen LogP contribution < -0.4 is 10.1 Å². The van der Waals surface area contributed by atoms with Crippen molar-refractivity contribution in [2.45, 2.75) is 19.9 Å². The maximum absolute atomic E-state index is 12.1. The van der Waals surface area contributed by atoms with Crippen LogP contribution in [0, 0.1) is 12.8 Å². The predicted octanol–water partition coefficient (Wildman–Crippen LogP) is 2.55. The van der Waals surface area contributed by atoms with E-state index in [0.29, 0.717) is 29.5 Å². The maximum Gasteiger partial charge on any atom is 0.254 e. The van der Waals surface area contributed by atoms with Crippen LogP contribution in [0.3, 0.4) is 0 Å². The standard InChI is InChI=1S/C19H24N2O4/c1-13-16(6-8-25-13)19(23)20-10-15-5-7-21(12-15)11-14-3-4-18(24-2)17(22)9-14/h3-4,6,8-9,15,22H,5,7,10-12H2,1-2H3,(H,20,23)/t15-/m1/s1. The molecule has 6 heteroatoms. The van der Waals surface area contributed by atoms with Crippen LogP contribution in [0.4, 0.5) is 0 Å². The second-order valence-electron chi connectivity index (χ2n) is 6.50. The normalized spacial score (nSPS) is 17.6. The van der Waals surface area contributed by atoms with Gasteiger partial charge < -0.3 is 19.6 Å². The van der Waals surface area contributed by atoms with Crippen LogP contribution >= 0.6 is 0 Å². The number of carbonyl (C=O) groups excluding carboxylic acids is 1. The van der Waals surface area contributed by atoms with Gasteiger partial charge in [-0.15, -0.1) is 0 Å². The Morgan fingerprint density at radius 2 is 2.28 bits per heavy atom. The molecule has 25 heavy (non-hydrogen) atoms. The zero-order valence-corrected chi connectivity index (χ0v) is 14.6. The number of hydrogen-bond donors (Lipinski definition) is 2. The molecular formula is C19H24N2O4. The molecule has 2 heterocycles. The first-order valence-corrected chi connectivity index (χ1v) is 8.47. The minimum Gasteiger partial charge on any atom is -0.504 e.